The second-order valence-electron chi connectivity index (χ2n) is 8.63. The molecule has 3 aliphatic carbocycles. The molecule has 5 rings (SSSR count). The van der Waals surface area contributed by atoms with Crippen molar-refractivity contribution in [2.45, 2.75) is 44.8 Å². The van der Waals surface area contributed by atoms with Gasteiger partial charge in [-0.25, -0.2) is 0 Å². The van der Waals surface area contributed by atoms with E-state index < -0.39 is 11.0 Å². The Bertz CT molecular complexity index is 763. The van der Waals surface area contributed by atoms with Crippen LogP contribution in [0.1, 0.15) is 38.7 Å². The van der Waals surface area contributed by atoms with Crippen molar-refractivity contribution in [3.8, 4) is 0 Å². The Kier molecular flexibility index (Phi) is 2.40. The highest BCUT2D eigenvalue weighted by Crippen LogP contribution is 2.88. The quantitative estimate of drug-likeness (QED) is 0.476. The number of carbonyl (C=O) groups excluding carboxylic acids is 2. The third kappa shape index (κ3) is 1.24. The van der Waals surface area contributed by atoms with E-state index >= 15 is 0 Å². The lowest BCUT2D eigenvalue weighted by molar-refractivity contribution is -0.177. The van der Waals surface area contributed by atoms with Gasteiger partial charge in [-0.05, 0) is 23.8 Å². The average Bonchev–Trinajstić information content (AvgIpc) is 3.45. The van der Waals surface area contributed by atoms with Crippen LogP contribution in [0, 0.1) is 22.2 Å². The second kappa shape index (κ2) is 3.93. The fourth-order valence-electron chi connectivity index (χ4n) is 6.58. The van der Waals surface area contributed by atoms with Crippen molar-refractivity contribution in [2.75, 3.05) is 7.11 Å². The fraction of sp³-hybridized carbons (Fsp3) is 0.600. The first-order valence-corrected chi connectivity index (χ1v) is 8.73. The van der Waals surface area contributed by atoms with Gasteiger partial charge in [0.25, 0.3) is 0 Å². The highest BCUT2D eigenvalue weighted by atomic mass is 16.6. The molecule has 4 aliphatic rings. The molecule has 4 heteroatoms. The number of methoxy groups -OCH3 is 1. The molecule has 1 aliphatic heterocycles. The Hall–Kier alpha value is -1.68. The monoisotopic (exact) mass is 326 g/mol. The zero-order chi connectivity index (χ0) is 17.0. The fourth-order valence-corrected chi connectivity index (χ4v) is 6.58. The molecule has 3 saturated carbocycles. The van der Waals surface area contributed by atoms with Crippen LogP contribution in [0.25, 0.3) is 0 Å². The molecule has 1 aromatic rings. The number of ether oxygens (including phenoxy) is 2. The van der Waals surface area contributed by atoms with E-state index in [0.29, 0.717) is 6.42 Å². The maximum atomic E-state index is 13.3. The summed E-state index contributed by atoms with van der Waals surface area (Å²) in [4.78, 5) is 26.2. The van der Waals surface area contributed by atoms with Gasteiger partial charge in [0.05, 0.1) is 7.11 Å². The lowest BCUT2D eigenvalue weighted by Gasteiger charge is -2.49. The minimum atomic E-state index is -1.10. The number of fused-ring (bicyclic) bond motifs is 3. The molecule has 0 radical (unpaired) electrons. The SMILES string of the molecule is COC(=O)[C@]12C(=O)CC(C)(C)[C@H](C13CC3)[C@]1(c3ccccc3)O[C@@H]12. The smallest absolute Gasteiger partial charge is 0.322 e. The van der Waals surface area contributed by atoms with Crippen molar-refractivity contribution in [2.24, 2.45) is 22.2 Å². The van der Waals surface area contributed by atoms with E-state index in [-0.39, 0.29) is 34.6 Å². The average molecular weight is 326 g/mol. The van der Waals surface area contributed by atoms with Gasteiger partial charge in [0.1, 0.15) is 11.7 Å². The van der Waals surface area contributed by atoms with Crippen LogP contribution in [0.5, 0.6) is 0 Å². The largest absolute Gasteiger partial charge is 0.468 e. The standard InChI is InChI=1S/C20H22O4/c1-17(2)11-13(21)19(16(22)23-3)15-20(24-15,12-7-5-4-6-8-12)14(17)18(19)9-10-18/h4-8,14-15H,9-11H2,1-3H3/t14-,15-,19-,20+/m1/s1. The number of hydrogen-bond acceptors (Lipinski definition) is 4. The Morgan fingerprint density at radius 1 is 1.21 bits per heavy atom. The molecule has 2 bridgehead atoms. The molecule has 24 heavy (non-hydrogen) atoms. The predicted octanol–water partition coefficient (Wildman–Crippen LogP) is 2.85. The Labute approximate surface area is 141 Å². The van der Waals surface area contributed by atoms with Crippen molar-refractivity contribution in [3.63, 3.8) is 0 Å². The lowest BCUT2D eigenvalue weighted by Crippen LogP contribution is -2.57. The topological polar surface area (TPSA) is 55.9 Å². The molecule has 0 amide bonds. The molecular weight excluding hydrogens is 304 g/mol. The number of epoxide rings is 1. The molecule has 4 nitrogen and oxygen atoms in total. The van der Waals surface area contributed by atoms with Crippen LogP contribution in [0.4, 0.5) is 0 Å². The van der Waals surface area contributed by atoms with Crippen molar-refractivity contribution in [3.05, 3.63) is 35.9 Å². The highest BCUT2D eigenvalue weighted by Gasteiger charge is 2.95. The van der Waals surface area contributed by atoms with Crippen molar-refractivity contribution in [1.82, 2.24) is 0 Å². The van der Waals surface area contributed by atoms with Crippen molar-refractivity contribution < 1.29 is 19.1 Å². The summed E-state index contributed by atoms with van der Waals surface area (Å²) in [6.07, 6.45) is 1.87. The molecule has 1 aromatic carbocycles. The zero-order valence-corrected chi connectivity index (χ0v) is 14.3. The van der Waals surface area contributed by atoms with Gasteiger partial charge in [0.15, 0.2) is 11.2 Å². The molecule has 126 valence electrons. The molecule has 0 N–H and O–H groups in total. The number of carbonyl (C=O) groups is 2. The van der Waals surface area contributed by atoms with Crippen LogP contribution in [0.15, 0.2) is 30.3 Å². The van der Waals surface area contributed by atoms with Gasteiger partial charge < -0.3 is 9.47 Å². The van der Waals surface area contributed by atoms with Crippen LogP contribution < -0.4 is 0 Å². The van der Waals surface area contributed by atoms with E-state index in [4.69, 9.17) is 9.47 Å². The highest BCUT2D eigenvalue weighted by molar-refractivity contribution is 6.09. The van der Waals surface area contributed by atoms with Gasteiger partial charge >= 0.3 is 5.97 Å². The summed E-state index contributed by atoms with van der Waals surface area (Å²) in [5, 5.41) is 0. The van der Waals surface area contributed by atoms with Crippen LogP contribution >= 0.6 is 0 Å². The zero-order valence-electron chi connectivity index (χ0n) is 14.3. The molecule has 1 heterocycles. The Morgan fingerprint density at radius 2 is 1.88 bits per heavy atom. The molecule has 1 spiro atoms. The first kappa shape index (κ1) is 14.6. The lowest BCUT2D eigenvalue weighted by atomic mass is 9.53. The first-order chi connectivity index (χ1) is 11.4. The third-order valence-corrected chi connectivity index (χ3v) is 7.16. The summed E-state index contributed by atoms with van der Waals surface area (Å²) in [5.41, 5.74) is -0.983. The van der Waals surface area contributed by atoms with Crippen molar-refractivity contribution in [1.29, 1.82) is 0 Å². The molecule has 4 atom stereocenters. The molecule has 4 fully saturated rings. The van der Waals surface area contributed by atoms with Crippen LogP contribution in [-0.4, -0.2) is 25.0 Å². The predicted molar refractivity (Wildman–Crippen MR) is 86.0 cm³/mol. The number of benzene rings is 1. The summed E-state index contributed by atoms with van der Waals surface area (Å²) in [5.74, 6) is -0.194. The number of ketones is 1. The van der Waals surface area contributed by atoms with E-state index in [0.717, 1.165) is 18.4 Å². The Morgan fingerprint density at radius 3 is 2.46 bits per heavy atom. The minimum absolute atomic E-state index is 0.0217. The van der Waals surface area contributed by atoms with Gasteiger partial charge in [-0.3, -0.25) is 9.59 Å². The van der Waals surface area contributed by atoms with Gasteiger partial charge in [0.2, 0.25) is 0 Å². The van der Waals surface area contributed by atoms with E-state index in [2.05, 4.69) is 26.0 Å². The van der Waals surface area contributed by atoms with E-state index in [9.17, 15) is 9.59 Å². The minimum Gasteiger partial charge on any atom is -0.468 e. The summed E-state index contributed by atoms with van der Waals surface area (Å²) in [7, 11) is 1.39. The van der Waals surface area contributed by atoms with E-state index in [1.54, 1.807) is 0 Å². The van der Waals surface area contributed by atoms with Gasteiger partial charge in [0, 0.05) is 17.8 Å². The van der Waals surface area contributed by atoms with E-state index in [1.807, 2.05) is 18.2 Å². The summed E-state index contributed by atoms with van der Waals surface area (Å²) < 4.78 is 11.4. The van der Waals surface area contributed by atoms with Gasteiger partial charge in [-0.2, -0.15) is 0 Å². The number of rotatable bonds is 2. The second-order valence-corrected chi connectivity index (χ2v) is 8.63. The third-order valence-electron chi connectivity index (χ3n) is 7.16. The first-order valence-electron chi connectivity index (χ1n) is 8.73. The summed E-state index contributed by atoms with van der Waals surface area (Å²) in [6, 6.07) is 10.1. The van der Waals surface area contributed by atoms with Gasteiger partial charge in [-0.1, -0.05) is 44.2 Å². The summed E-state index contributed by atoms with van der Waals surface area (Å²) in [6.45, 7) is 4.32. The molecule has 1 saturated heterocycles. The number of esters is 1. The van der Waals surface area contributed by atoms with Crippen LogP contribution in [0.3, 0.4) is 0 Å². The van der Waals surface area contributed by atoms with Crippen molar-refractivity contribution >= 4 is 11.8 Å². The number of Topliss-reactive ketones (excluding diaryl/α,β-unsaturated/α-hetero) is 1. The van der Waals surface area contributed by atoms with E-state index in [1.165, 1.54) is 7.11 Å². The molecule has 0 unspecified atom stereocenters. The summed E-state index contributed by atoms with van der Waals surface area (Å²) >= 11 is 0. The van der Waals surface area contributed by atoms with Crippen LogP contribution in [0.2, 0.25) is 0 Å². The Balaban J connectivity index is 1.79. The molecular formula is C20H22O4. The normalized spacial score (nSPS) is 42.5. The maximum Gasteiger partial charge on any atom is 0.322 e. The van der Waals surface area contributed by atoms with Crippen LogP contribution in [-0.2, 0) is 24.7 Å². The molecule has 0 aromatic heterocycles. The van der Waals surface area contributed by atoms with Gasteiger partial charge in [-0.15, -0.1) is 0 Å². The number of hydrogen-bond donors (Lipinski definition) is 0. The maximum absolute atomic E-state index is 13.3.